The zero-order chi connectivity index (χ0) is 23.4. The second-order valence-electron chi connectivity index (χ2n) is 7.38. The largest absolute Gasteiger partial charge is 0.493 e. The third kappa shape index (κ3) is 4.88. The third-order valence-corrected chi connectivity index (χ3v) is 6.11. The molecule has 170 valence electrons. The average molecular weight is 465 g/mol. The molecule has 0 spiro atoms. The van der Waals surface area contributed by atoms with Crippen molar-refractivity contribution in [1.82, 2.24) is 20.1 Å². The fourth-order valence-corrected chi connectivity index (χ4v) is 4.45. The highest BCUT2D eigenvalue weighted by Gasteiger charge is 2.17. The Balaban J connectivity index is 1.50. The van der Waals surface area contributed by atoms with Crippen LogP contribution in [0.1, 0.15) is 10.6 Å². The van der Waals surface area contributed by atoms with Crippen molar-refractivity contribution in [3.8, 4) is 22.8 Å². The van der Waals surface area contributed by atoms with Gasteiger partial charge in [0.25, 0.3) is 5.56 Å². The number of aromatic nitrogens is 3. The van der Waals surface area contributed by atoms with Crippen molar-refractivity contribution in [3.63, 3.8) is 0 Å². The maximum atomic E-state index is 12.9. The van der Waals surface area contributed by atoms with Gasteiger partial charge < -0.3 is 14.8 Å². The molecular formula is C24H24N4O4S. The van der Waals surface area contributed by atoms with Crippen molar-refractivity contribution in [2.75, 3.05) is 20.8 Å². The number of thiazole rings is 1. The van der Waals surface area contributed by atoms with E-state index < -0.39 is 0 Å². The van der Waals surface area contributed by atoms with Crippen LogP contribution in [0.25, 0.3) is 21.5 Å². The van der Waals surface area contributed by atoms with Crippen molar-refractivity contribution in [2.24, 2.45) is 0 Å². The highest BCUT2D eigenvalue weighted by molar-refractivity contribution is 7.19. The number of aryl methyl sites for hydroxylation is 1. The van der Waals surface area contributed by atoms with E-state index >= 15 is 0 Å². The van der Waals surface area contributed by atoms with Crippen LogP contribution in [0.2, 0.25) is 0 Å². The lowest BCUT2D eigenvalue weighted by atomic mass is 10.1. The first kappa shape index (κ1) is 22.5. The number of fused-ring (bicyclic) bond motifs is 1. The Morgan fingerprint density at radius 1 is 1.09 bits per heavy atom. The van der Waals surface area contributed by atoms with E-state index in [-0.39, 0.29) is 18.0 Å². The van der Waals surface area contributed by atoms with Crippen LogP contribution < -0.4 is 20.3 Å². The molecule has 0 aliphatic heterocycles. The number of methoxy groups -OCH3 is 2. The van der Waals surface area contributed by atoms with Crippen LogP contribution in [-0.2, 0) is 17.8 Å². The van der Waals surface area contributed by atoms with Gasteiger partial charge in [-0.15, -0.1) is 11.3 Å². The average Bonchev–Trinajstić information content (AvgIpc) is 3.23. The zero-order valence-corrected chi connectivity index (χ0v) is 19.4. The van der Waals surface area contributed by atoms with E-state index in [1.807, 2.05) is 55.5 Å². The summed E-state index contributed by atoms with van der Waals surface area (Å²) in [5, 5.41) is 8.15. The number of nitrogens with zero attached hydrogens (tertiary/aromatic N) is 3. The van der Waals surface area contributed by atoms with E-state index in [0.717, 1.165) is 20.8 Å². The molecule has 2 aromatic heterocycles. The standard InChI is InChI=1S/C24H24N4O4S/c1-15-26-22-23(33-15)21(17-7-5-4-6-8-17)27-28(24(22)30)14-20(29)25-12-11-16-9-10-18(31-2)19(13-16)32-3/h4-10,13H,11-12,14H2,1-3H3,(H,25,29). The molecule has 33 heavy (non-hydrogen) atoms. The Labute approximate surface area is 194 Å². The second kappa shape index (κ2) is 9.83. The van der Waals surface area contributed by atoms with Crippen molar-refractivity contribution >= 4 is 27.5 Å². The van der Waals surface area contributed by atoms with Gasteiger partial charge in [0.05, 0.1) is 23.9 Å². The van der Waals surface area contributed by atoms with Gasteiger partial charge in [0.1, 0.15) is 12.2 Å². The quantitative estimate of drug-likeness (QED) is 0.430. The fourth-order valence-electron chi connectivity index (χ4n) is 3.53. The number of benzene rings is 2. The van der Waals surface area contributed by atoms with E-state index in [4.69, 9.17) is 9.47 Å². The van der Waals surface area contributed by atoms with Crippen LogP contribution in [0, 0.1) is 6.92 Å². The highest BCUT2D eigenvalue weighted by atomic mass is 32.1. The number of amides is 1. The molecule has 9 heteroatoms. The predicted octanol–water partition coefficient (Wildman–Crippen LogP) is 3.20. The minimum Gasteiger partial charge on any atom is -0.493 e. The molecule has 4 aromatic rings. The van der Waals surface area contributed by atoms with Crippen molar-refractivity contribution in [2.45, 2.75) is 19.9 Å². The first-order valence-corrected chi connectivity index (χ1v) is 11.2. The predicted molar refractivity (Wildman–Crippen MR) is 128 cm³/mol. The number of carbonyl (C=O) groups excluding carboxylic acids is 1. The molecule has 0 aliphatic carbocycles. The lowest BCUT2D eigenvalue weighted by molar-refractivity contribution is -0.121. The molecule has 4 rings (SSSR count). The number of hydrogen-bond acceptors (Lipinski definition) is 7. The molecule has 0 saturated heterocycles. The monoisotopic (exact) mass is 464 g/mol. The maximum absolute atomic E-state index is 12.9. The van der Waals surface area contributed by atoms with Crippen LogP contribution in [0.5, 0.6) is 11.5 Å². The summed E-state index contributed by atoms with van der Waals surface area (Å²) >= 11 is 1.43. The van der Waals surface area contributed by atoms with E-state index in [9.17, 15) is 9.59 Å². The Hall–Kier alpha value is -3.72. The van der Waals surface area contributed by atoms with Crippen LogP contribution in [-0.4, -0.2) is 41.4 Å². The topological polar surface area (TPSA) is 95.3 Å². The molecule has 2 heterocycles. The van der Waals surface area contributed by atoms with Gasteiger partial charge in [-0.1, -0.05) is 36.4 Å². The smallest absolute Gasteiger partial charge is 0.294 e. The first-order valence-electron chi connectivity index (χ1n) is 10.4. The van der Waals surface area contributed by atoms with Crippen LogP contribution >= 0.6 is 11.3 Å². The Kier molecular flexibility index (Phi) is 6.69. The summed E-state index contributed by atoms with van der Waals surface area (Å²) in [6.45, 7) is 2.08. The fraction of sp³-hybridized carbons (Fsp3) is 0.250. The summed E-state index contributed by atoms with van der Waals surface area (Å²) in [5.41, 5.74) is 2.48. The summed E-state index contributed by atoms with van der Waals surface area (Å²) in [4.78, 5) is 29.9. The van der Waals surface area contributed by atoms with Gasteiger partial charge in [-0.2, -0.15) is 5.10 Å². The SMILES string of the molecule is COc1ccc(CCNC(=O)Cn2nc(-c3ccccc3)c3sc(C)nc3c2=O)cc1OC. The van der Waals surface area contributed by atoms with Crippen LogP contribution in [0.4, 0.5) is 0 Å². The van der Waals surface area contributed by atoms with Crippen molar-refractivity contribution in [3.05, 3.63) is 69.5 Å². The lowest BCUT2D eigenvalue weighted by Gasteiger charge is -2.11. The Bertz CT molecular complexity index is 1350. The van der Waals surface area contributed by atoms with E-state index in [1.165, 1.54) is 16.0 Å². The number of carbonyl (C=O) groups is 1. The van der Waals surface area contributed by atoms with Crippen molar-refractivity contribution < 1.29 is 14.3 Å². The molecule has 1 N–H and O–H groups in total. The summed E-state index contributed by atoms with van der Waals surface area (Å²) in [7, 11) is 3.17. The minimum atomic E-state index is -0.371. The van der Waals surface area contributed by atoms with Gasteiger partial charge in [0.15, 0.2) is 17.0 Å². The summed E-state index contributed by atoms with van der Waals surface area (Å²) in [5.74, 6) is 0.991. The van der Waals surface area contributed by atoms with Gasteiger partial charge in [-0.3, -0.25) is 9.59 Å². The molecule has 1 amide bonds. The van der Waals surface area contributed by atoms with E-state index in [1.54, 1.807) is 14.2 Å². The molecule has 0 radical (unpaired) electrons. The van der Waals surface area contributed by atoms with Crippen LogP contribution in [0.15, 0.2) is 53.3 Å². The van der Waals surface area contributed by atoms with Gasteiger partial charge in [-0.25, -0.2) is 9.67 Å². The number of nitrogens with one attached hydrogen (secondary N) is 1. The maximum Gasteiger partial charge on any atom is 0.294 e. The molecule has 0 unspecified atom stereocenters. The summed E-state index contributed by atoms with van der Waals surface area (Å²) in [6, 6.07) is 15.2. The number of hydrogen-bond donors (Lipinski definition) is 1. The van der Waals surface area contributed by atoms with Gasteiger partial charge in [0.2, 0.25) is 5.91 Å². The number of rotatable bonds is 8. The van der Waals surface area contributed by atoms with Gasteiger partial charge in [-0.05, 0) is 31.0 Å². The Morgan fingerprint density at radius 2 is 1.85 bits per heavy atom. The van der Waals surface area contributed by atoms with Crippen LogP contribution in [0.3, 0.4) is 0 Å². The van der Waals surface area contributed by atoms with Gasteiger partial charge in [0, 0.05) is 12.1 Å². The number of ether oxygens (including phenoxy) is 2. The molecule has 0 atom stereocenters. The molecule has 2 aromatic carbocycles. The summed E-state index contributed by atoms with van der Waals surface area (Å²) in [6.07, 6.45) is 0.605. The highest BCUT2D eigenvalue weighted by Crippen LogP contribution is 2.29. The third-order valence-electron chi connectivity index (χ3n) is 5.13. The molecule has 0 saturated carbocycles. The molecule has 0 bridgehead atoms. The van der Waals surface area contributed by atoms with Gasteiger partial charge >= 0.3 is 0 Å². The molecular weight excluding hydrogens is 440 g/mol. The normalized spacial score (nSPS) is 10.9. The Morgan fingerprint density at radius 3 is 2.58 bits per heavy atom. The van der Waals surface area contributed by atoms with E-state index in [0.29, 0.717) is 35.7 Å². The minimum absolute atomic E-state index is 0.183. The second-order valence-corrected chi connectivity index (χ2v) is 8.58. The summed E-state index contributed by atoms with van der Waals surface area (Å²) < 4.78 is 12.5. The zero-order valence-electron chi connectivity index (χ0n) is 18.6. The molecule has 0 fully saturated rings. The van der Waals surface area contributed by atoms with E-state index in [2.05, 4.69) is 15.4 Å². The lowest BCUT2D eigenvalue weighted by Crippen LogP contribution is -2.35. The molecule has 8 nitrogen and oxygen atoms in total. The first-order chi connectivity index (χ1) is 16.0. The molecule has 0 aliphatic rings. The van der Waals surface area contributed by atoms with Crippen molar-refractivity contribution in [1.29, 1.82) is 0 Å².